The summed E-state index contributed by atoms with van der Waals surface area (Å²) in [5, 5.41) is 14.5. The number of benzene rings is 1. The van der Waals surface area contributed by atoms with E-state index in [1.54, 1.807) is 24.3 Å². The van der Waals surface area contributed by atoms with Crippen LogP contribution in [0.2, 0.25) is 0 Å². The third kappa shape index (κ3) is 5.09. The van der Waals surface area contributed by atoms with E-state index in [9.17, 15) is 9.59 Å². The summed E-state index contributed by atoms with van der Waals surface area (Å²) in [7, 11) is 0. The van der Waals surface area contributed by atoms with Crippen molar-refractivity contribution < 1.29 is 14.7 Å². The highest BCUT2D eigenvalue weighted by Crippen LogP contribution is 2.05. The number of hydrogen-bond acceptors (Lipinski definition) is 3. The standard InChI is InChI=1S/C14H20N2O3/c1-3-13(9-17)16-14(19)12-6-4-11(5-7-12)8-15-10(2)18/h4-7,13,17H,3,8-9H2,1-2H3,(H,15,18)(H,16,19). The lowest BCUT2D eigenvalue weighted by atomic mass is 10.1. The zero-order chi connectivity index (χ0) is 14.3. The van der Waals surface area contributed by atoms with Gasteiger partial charge < -0.3 is 15.7 Å². The van der Waals surface area contributed by atoms with Gasteiger partial charge in [0, 0.05) is 19.0 Å². The van der Waals surface area contributed by atoms with Gasteiger partial charge in [0.15, 0.2) is 0 Å². The Kier molecular flexibility index (Phi) is 6.02. The van der Waals surface area contributed by atoms with Gasteiger partial charge in [0.1, 0.15) is 0 Å². The Morgan fingerprint density at radius 1 is 1.26 bits per heavy atom. The Balaban J connectivity index is 2.60. The summed E-state index contributed by atoms with van der Waals surface area (Å²) < 4.78 is 0. The molecule has 2 amide bonds. The lowest BCUT2D eigenvalue weighted by molar-refractivity contribution is -0.119. The van der Waals surface area contributed by atoms with E-state index in [0.29, 0.717) is 18.5 Å². The van der Waals surface area contributed by atoms with Crippen molar-refractivity contribution >= 4 is 11.8 Å². The van der Waals surface area contributed by atoms with Gasteiger partial charge in [-0.3, -0.25) is 9.59 Å². The Bertz CT molecular complexity index is 425. The normalized spacial score (nSPS) is 11.7. The predicted octanol–water partition coefficient (Wildman–Crippen LogP) is 0.823. The second-order valence-electron chi connectivity index (χ2n) is 4.37. The largest absolute Gasteiger partial charge is 0.394 e. The van der Waals surface area contributed by atoms with Gasteiger partial charge in [0.25, 0.3) is 5.91 Å². The average Bonchev–Trinajstić information content (AvgIpc) is 2.42. The minimum atomic E-state index is -0.216. The summed E-state index contributed by atoms with van der Waals surface area (Å²) >= 11 is 0. The van der Waals surface area contributed by atoms with E-state index in [-0.39, 0.29) is 24.5 Å². The molecule has 5 heteroatoms. The number of carbonyl (C=O) groups excluding carboxylic acids is 2. The summed E-state index contributed by atoms with van der Waals surface area (Å²) in [6.07, 6.45) is 0.683. The van der Waals surface area contributed by atoms with Crippen molar-refractivity contribution in [3.8, 4) is 0 Å². The van der Waals surface area contributed by atoms with E-state index < -0.39 is 0 Å². The molecule has 0 spiro atoms. The Labute approximate surface area is 113 Å². The Hall–Kier alpha value is -1.88. The van der Waals surface area contributed by atoms with E-state index in [1.165, 1.54) is 6.92 Å². The molecule has 0 saturated heterocycles. The summed E-state index contributed by atoms with van der Waals surface area (Å²) in [6.45, 7) is 3.74. The fourth-order valence-corrected chi connectivity index (χ4v) is 1.55. The first kappa shape index (κ1) is 15.2. The zero-order valence-corrected chi connectivity index (χ0v) is 11.3. The van der Waals surface area contributed by atoms with Gasteiger partial charge in [-0.15, -0.1) is 0 Å². The van der Waals surface area contributed by atoms with Gasteiger partial charge in [-0.1, -0.05) is 19.1 Å². The molecule has 0 aliphatic rings. The highest BCUT2D eigenvalue weighted by molar-refractivity contribution is 5.94. The monoisotopic (exact) mass is 264 g/mol. The van der Waals surface area contributed by atoms with Crippen LogP contribution in [0.15, 0.2) is 24.3 Å². The van der Waals surface area contributed by atoms with Crippen molar-refractivity contribution in [3.05, 3.63) is 35.4 Å². The van der Waals surface area contributed by atoms with Gasteiger partial charge in [-0.05, 0) is 24.1 Å². The number of hydrogen-bond donors (Lipinski definition) is 3. The van der Waals surface area contributed by atoms with Crippen LogP contribution in [0, 0.1) is 0 Å². The molecular formula is C14H20N2O3. The van der Waals surface area contributed by atoms with Crippen LogP contribution in [0.1, 0.15) is 36.2 Å². The summed E-state index contributed by atoms with van der Waals surface area (Å²) in [5.74, 6) is -0.289. The van der Waals surface area contributed by atoms with Gasteiger partial charge in [0.05, 0.1) is 12.6 Å². The molecule has 1 rings (SSSR count). The molecule has 0 bridgehead atoms. The first-order valence-electron chi connectivity index (χ1n) is 6.32. The quantitative estimate of drug-likeness (QED) is 0.712. The van der Waals surface area contributed by atoms with Crippen molar-refractivity contribution in [2.24, 2.45) is 0 Å². The van der Waals surface area contributed by atoms with Crippen LogP contribution in [-0.2, 0) is 11.3 Å². The fourth-order valence-electron chi connectivity index (χ4n) is 1.55. The Morgan fingerprint density at radius 3 is 2.37 bits per heavy atom. The summed E-state index contributed by atoms with van der Waals surface area (Å²) in [4.78, 5) is 22.6. The van der Waals surface area contributed by atoms with Crippen LogP contribution in [-0.4, -0.2) is 29.6 Å². The second-order valence-corrected chi connectivity index (χ2v) is 4.37. The minimum Gasteiger partial charge on any atom is -0.394 e. The molecule has 19 heavy (non-hydrogen) atoms. The number of nitrogens with one attached hydrogen (secondary N) is 2. The van der Waals surface area contributed by atoms with Crippen LogP contribution in [0.5, 0.6) is 0 Å². The zero-order valence-electron chi connectivity index (χ0n) is 11.3. The second kappa shape index (κ2) is 7.53. The lowest BCUT2D eigenvalue weighted by Gasteiger charge is -2.14. The van der Waals surface area contributed by atoms with Crippen molar-refractivity contribution in [2.75, 3.05) is 6.61 Å². The number of aliphatic hydroxyl groups is 1. The molecule has 0 fully saturated rings. The van der Waals surface area contributed by atoms with Gasteiger partial charge in [0.2, 0.25) is 5.91 Å². The number of carbonyl (C=O) groups is 2. The van der Waals surface area contributed by atoms with Crippen molar-refractivity contribution in [2.45, 2.75) is 32.9 Å². The summed E-state index contributed by atoms with van der Waals surface area (Å²) in [6, 6.07) is 6.79. The topological polar surface area (TPSA) is 78.4 Å². The maximum absolute atomic E-state index is 11.9. The first-order valence-corrected chi connectivity index (χ1v) is 6.32. The summed E-state index contributed by atoms with van der Waals surface area (Å²) in [5.41, 5.74) is 1.47. The molecule has 1 unspecified atom stereocenters. The molecule has 0 aromatic heterocycles. The molecule has 5 nitrogen and oxygen atoms in total. The van der Waals surface area contributed by atoms with Crippen molar-refractivity contribution in [3.63, 3.8) is 0 Å². The smallest absolute Gasteiger partial charge is 0.251 e. The number of rotatable bonds is 6. The van der Waals surface area contributed by atoms with E-state index in [4.69, 9.17) is 5.11 Å². The molecule has 0 heterocycles. The average molecular weight is 264 g/mol. The maximum Gasteiger partial charge on any atom is 0.251 e. The molecule has 0 aliphatic heterocycles. The maximum atomic E-state index is 11.9. The molecule has 3 N–H and O–H groups in total. The predicted molar refractivity (Wildman–Crippen MR) is 72.6 cm³/mol. The highest BCUT2D eigenvalue weighted by atomic mass is 16.3. The fraction of sp³-hybridized carbons (Fsp3) is 0.429. The van der Waals surface area contributed by atoms with Gasteiger partial charge in [-0.2, -0.15) is 0 Å². The molecule has 104 valence electrons. The van der Waals surface area contributed by atoms with Crippen molar-refractivity contribution in [1.82, 2.24) is 10.6 Å². The molecular weight excluding hydrogens is 244 g/mol. The SMILES string of the molecule is CCC(CO)NC(=O)c1ccc(CNC(C)=O)cc1. The molecule has 1 aromatic carbocycles. The van der Waals surface area contributed by atoms with E-state index in [2.05, 4.69) is 10.6 Å². The van der Waals surface area contributed by atoms with Crippen molar-refractivity contribution in [1.29, 1.82) is 0 Å². The van der Waals surface area contributed by atoms with E-state index in [0.717, 1.165) is 5.56 Å². The number of aliphatic hydroxyl groups excluding tert-OH is 1. The first-order chi connectivity index (χ1) is 9.06. The molecule has 0 aliphatic carbocycles. The highest BCUT2D eigenvalue weighted by Gasteiger charge is 2.10. The molecule has 0 saturated carbocycles. The molecule has 0 radical (unpaired) electrons. The van der Waals surface area contributed by atoms with E-state index >= 15 is 0 Å². The lowest BCUT2D eigenvalue weighted by Crippen LogP contribution is -2.36. The van der Waals surface area contributed by atoms with Crippen LogP contribution < -0.4 is 10.6 Å². The van der Waals surface area contributed by atoms with Gasteiger partial charge >= 0.3 is 0 Å². The van der Waals surface area contributed by atoms with Crippen LogP contribution in [0.3, 0.4) is 0 Å². The number of amides is 2. The molecule has 1 aromatic rings. The van der Waals surface area contributed by atoms with Gasteiger partial charge in [-0.25, -0.2) is 0 Å². The van der Waals surface area contributed by atoms with Crippen LogP contribution >= 0.6 is 0 Å². The van der Waals surface area contributed by atoms with Crippen LogP contribution in [0.4, 0.5) is 0 Å². The van der Waals surface area contributed by atoms with Crippen LogP contribution in [0.25, 0.3) is 0 Å². The molecule has 1 atom stereocenters. The minimum absolute atomic E-state index is 0.0666. The third-order valence-corrected chi connectivity index (χ3v) is 2.81. The third-order valence-electron chi connectivity index (χ3n) is 2.81. The Morgan fingerprint density at radius 2 is 1.89 bits per heavy atom. The van der Waals surface area contributed by atoms with E-state index in [1.807, 2.05) is 6.92 Å².